The fraction of sp³-hybridized carbons (Fsp3) is 0.647. The third kappa shape index (κ3) is 2.95. The van der Waals surface area contributed by atoms with Gasteiger partial charge in [0.25, 0.3) is 5.91 Å². The van der Waals surface area contributed by atoms with E-state index in [4.69, 9.17) is 0 Å². The summed E-state index contributed by atoms with van der Waals surface area (Å²) < 4.78 is 1.98. The monoisotopic (exact) mass is 328 g/mol. The number of carbonyl (C=O) groups excluding carboxylic acids is 1. The number of carbonyl (C=O) groups is 1. The minimum Gasteiger partial charge on any atom is -0.344 e. The number of aromatic amines is 1. The molecule has 4 rings (SSSR count). The topological polar surface area (TPSA) is 88.5 Å². The minimum absolute atomic E-state index is 0.152. The number of aryl methyl sites for hydroxylation is 2. The van der Waals surface area contributed by atoms with Crippen molar-refractivity contribution in [1.82, 2.24) is 30.3 Å². The Kier molecular flexibility index (Phi) is 4.32. The van der Waals surface area contributed by atoms with Crippen molar-refractivity contribution < 1.29 is 4.79 Å². The van der Waals surface area contributed by atoms with E-state index in [0.29, 0.717) is 12.4 Å². The molecule has 0 saturated carbocycles. The molecule has 0 bridgehead atoms. The highest BCUT2D eigenvalue weighted by Gasteiger charge is 2.21. The van der Waals surface area contributed by atoms with Gasteiger partial charge in [-0.25, -0.2) is 0 Å². The molecule has 0 spiro atoms. The predicted molar refractivity (Wildman–Crippen MR) is 88.6 cm³/mol. The van der Waals surface area contributed by atoms with Crippen LogP contribution in [-0.2, 0) is 32.4 Å². The molecule has 7 nitrogen and oxygen atoms in total. The van der Waals surface area contributed by atoms with Gasteiger partial charge in [0.2, 0.25) is 5.82 Å². The van der Waals surface area contributed by atoms with Crippen LogP contribution in [0.3, 0.4) is 0 Å². The highest BCUT2D eigenvalue weighted by atomic mass is 16.2. The molecule has 7 heteroatoms. The molecule has 0 radical (unpaired) electrons. The molecule has 3 heterocycles. The van der Waals surface area contributed by atoms with Crippen molar-refractivity contribution in [2.75, 3.05) is 0 Å². The molecule has 1 amide bonds. The summed E-state index contributed by atoms with van der Waals surface area (Å²) in [5.74, 6) is 1.22. The lowest BCUT2D eigenvalue weighted by Crippen LogP contribution is -2.27. The molecule has 0 atom stereocenters. The average molecular weight is 328 g/mol. The Morgan fingerprint density at radius 2 is 1.88 bits per heavy atom. The Morgan fingerprint density at radius 3 is 2.83 bits per heavy atom. The summed E-state index contributed by atoms with van der Waals surface area (Å²) in [4.78, 5) is 12.5. The van der Waals surface area contributed by atoms with Crippen LogP contribution < -0.4 is 5.32 Å². The van der Waals surface area contributed by atoms with E-state index in [1.807, 2.05) is 4.57 Å². The van der Waals surface area contributed by atoms with E-state index in [9.17, 15) is 4.79 Å². The fourth-order valence-electron chi connectivity index (χ4n) is 3.77. The summed E-state index contributed by atoms with van der Waals surface area (Å²) in [7, 11) is 0. The van der Waals surface area contributed by atoms with E-state index in [0.717, 1.165) is 50.2 Å². The van der Waals surface area contributed by atoms with Crippen molar-refractivity contribution in [3.63, 3.8) is 0 Å². The van der Waals surface area contributed by atoms with Crippen molar-refractivity contribution in [3.8, 4) is 0 Å². The zero-order chi connectivity index (χ0) is 16.4. The molecule has 0 aromatic carbocycles. The Hall–Kier alpha value is -2.18. The summed E-state index contributed by atoms with van der Waals surface area (Å²) in [6, 6.07) is 0. The molecule has 2 aromatic heterocycles. The molecule has 128 valence electrons. The van der Waals surface area contributed by atoms with Crippen LogP contribution in [0.15, 0.2) is 0 Å². The van der Waals surface area contributed by atoms with E-state index in [1.54, 1.807) is 0 Å². The molecule has 1 aliphatic carbocycles. The van der Waals surface area contributed by atoms with Crippen LogP contribution in [0, 0.1) is 0 Å². The van der Waals surface area contributed by atoms with Crippen molar-refractivity contribution in [2.45, 2.75) is 70.9 Å². The second kappa shape index (κ2) is 6.75. The Morgan fingerprint density at radius 1 is 1.04 bits per heavy atom. The SMILES string of the molecule is O=C(NCc1n[nH]c2c1CCCCC2)c1nnc2n1CCCCC2. The molecule has 2 N–H and O–H groups in total. The number of aromatic nitrogens is 5. The highest BCUT2D eigenvalue weighted by molar-refractivity contribution is 5.90. The van der Waals surface area contributed by atoms with Gasteiger partial charge in [0, 0.05) is 18.7 Å². The molecule has 0 unspecified atom stereocenters. The number of hydrogen-bond donors (Lipinski definition) is 2. The first-order chi connectivity index (χ1) is 11.8. The maximum absolute atomic E-state index is 12.5. The van der Waals surface area contributed by atoms with E-state index in [-0.39, 0.29) is 5.91 Å². The second-order valence-electron chi connectivity index (χ2n) is 6.77. The zero-order valence-electron chi connectivity index (χ0n) is 14.0. The Bertz CT molecular complexity index is 732. The molecule has 1 aliphatic heterocycles. The third-order valence-corrected chi connectivity index (χ3v) is 5.12. The van der Waals surface area contributed by atoms with Crippen LogP contribution in [0.5, 0.6) is 0 Å². The van der Waals surface area contributed by atoms with Gasteiger partial charge in [-0.2, -0.15) is 5.10 Å². The van der Waals surface area contributed by atoms with Crippen LogP contribution in [-0.4, -0.2) is 30.9 Å². The zero-order valence-corrected chi connectivity index (χ0v) is 14.0. The largest absolute Gasteiger partial charge is 0.344 e. The van der Waals surface area contributed by atoms with Gasteiger partial charge in [0.1, 0.15) is 5.82 Å². The van der Waals surface area contributed by atoms with Gasteiger partial charge < -0.3 is 9.88 Å². The van der Waals surface area contributed by atoms with Crippen molar-refractivity contribution >= 4 is 5.91 Å². The first kappa shape index (κ1) is 15.4. The molecule has 0 fully saturated rings. The highest BCUT2D eigenvalue weighted by Crippen LogP contribution is 2.21. The normalized spacial score (nSPS) is 17.5. The standard InChI is InChI=1S/C17H24N6O/c24-17(16-22-21-15-9-5-2-6-10-23(15)16)18-11-14-12-7-3-1-4-8-13(12)19-20-14/h1-11H2,(H,18,24)(H,19,20). The summed E-state index contributed by atoms with van der Waals surface area (Å²) in [5.41, 5.74) is 3.51. The first-order valence-corrected chi connectivity index (χ1v) is 9.08. The van der Waals surface area contributed by atoms with E-state index in [2.05, 4.69) is 25.7 Å². The maximum atomic E-state index is 12.5. The Labute approximate surface area is 141 Å². The summed E-state index contributed by atoms with van der Waals surface area (Å²) in [5, 5.41) is 18.9. The van der Waals surface area contributed by atoms with Gasteiger partial charge in [0.15, 0.2) is 0 Å². The molecule has 24 heavy (non-hydrogen) atoms. The molecule has 2 aromatic rings. The summed E-state index contributed by atoms with van der Waals surface area (Å²) >= 11 is 0. The number of rotatable bonds is 3. The van der Waals surface area contributed by atoms with Crippen LogP contribution in [0.4, 0.5) is 0 Å². The van der Waals surface area contributed by atoms with Gasteiger partial charge in [-0.3, -0.25) is 9.89 Å². The van der Waals surface area contributed by atoms with Crippen LogP contribution >= 0.6 is 0 Å². The van der Waals surface area contributed by atoms with Gasteiger partial charge in [-0.05, 0) is 44.1 Å². The lowest BCUT2D eigenvalue weighted by Gasteiger charge is -2.08. The smallest absolute Gasteiger partial charge is 0.289 e. The molecule has 0 saturated heterocycles. The van der Waals surface area contributed by atoms with E-state index in [1.165, 1.54) is 36.9 Å². The molecular weight excluding hydrogens is 304 g/mol. The van der Waals surface area contributed by atoms with E-state index >= 15 is 0 Å². The van der Waals surface area contributed by atoms with Gasteiger partial charge in [-0.15, -0.1) is 10.2 Å². The van der Waals surface area contributed by atoms with Crippen LogP contribution in [0.1, 0.15) is 71.9 Å². The fourth-order valence-corrected chi connectivity index (χ4v) is 3.77. The second-order valence-corrected chi connectivity index (χ2v) is 6.77. The number of amides is 1. The van der Waals surface area contributed by atoms with Gasteiger partial charge in [-0.1, -0.05) is 12.8 Å². The average Bonchev–Trinajstić information content (AvgIpc) is 2.98. The Balaban J connectivity index is 1.46. The van der Waals surface area contributed by atoms with E-state index < -0.39 is 0 Å². The molecule has 2 aliphatic rings. The number of nitrogens with zero attached hydrogens (tertiary/aromatic N) is 4. The number of nitrogens with one attached hydrogen (secondary N) is 2. The predicted octanol–water partition coefficient (Wildman–Crippen LogP) is 1.93. The maximum Gasteiger partial charge on any atom is 0.289 e. The number of H-pyrrole nitrogens is 1. The van der Waals surface area contributed by atoms with Crippen molar-refractivity contribution in [1.29, 1.82) is 0 Å². The lowest BCUT2D eigenvalue weighted by atomic mass is 10.1. The van der Waals surface area contributed by atoms with Crippen LogP contribution in [0.2, 0.25) is 0 Å². The number of fused-ring (bicyclic) bond motifs is 2. The molecular formula is C17H24N6O. The first-order valence-electron chi connectivity index (χ1n) is 9.08. The van der Waals surface area contributed by atoms with Gasteiger partial charge in [0.05, 0.1) is 12.2 Å². The summed E-state index contributed by atoms with van der Waals surface area (Å²) in [6.45, 7) is 1.29. The lowest BCUT2D eigenvalue weighted by molar-refractivity contribution is 0.0935. The quantitative estimate of drug-likeness (QED) is 0.843. The number of hydrogen-bond acceptors (Lipinski definition) is 4. The van der Waals surface area contributed by atoms with Gasteiger partial charge >= 0.3 is 0 Å². The third-order valence-electron chi connectivity index (χ3n) is 5.12. The van der Waals surface area contributed by atoms with Crippen LogP contribution in [0.25, 0.3) is 0 Å². The summed E-state index contributed by atoms with van der Waals surface area (Å²) in [6.07, 6.45) is 10.1. The van der Waals surface area contributed by atoms with Crippen molar-refractivity contribution in [2.24, 2.45) is 0 Å². The van der Waals surface area contributed by atoms with Crippen molar-refractivity contribution in [3.05, 3.63) is 28.6 Å². The minimum atomic E-state index is -0.152.